The van der Waals surface area contributed by atoms with Crippen LogP contribution in [-0.2, 0) is 10.2 Å². The molecule has 0 bridgehead atoms. The largest absolute Gasteiger partial charge is 0.339 e. The molecule has 1 amide bonds. The molecule has 0 unspecified atom stereocenters. The van der Waals surface area contributed by atoms with Gasteiger partial charge in [0, 0.05) is 52.7 Å². The Labute approximate surface area is 162 Å². The number of carbonyl (C=O) groups excluding carboxylic acids is 1. The molecule has 0 N–H and O–H groups in total. The third-order valence-electron chi connectivity index (χ3n) is 6.05. The van der Waals surface area contributed by atoms with Crippen molar-refractivity contribution in [2.24, 2.45) is 11.8 Å². The fourth-order valence-corrected chi connectivity index (χ4v) is 5.38. The molecule has 7 nitrogen and oxygen atoms in total. The lowest BCUT2D eigenvalue weighted by Gasteiger charge is -2.40. The fraction of sp³-hybridized carbons (Fsp3) is 0.684. The first-order valence-electron chi connectivity index (χ1n) is 9.68. The second kappa shape index (κ2) is 8.24. The lowest BCUT2D eigenvalue weighted by Crippen LogP contribution is -2.46. The van der Waals surface area contributed by atoms with Crippen LogP contribution in [-0.4, -0.2) is 73.1 Å². The van der Waals surface area contributed by atoms with Crippen molar-refractivity contribution in [3.05, 3.63) is 29.6 Å². The van der Waals surface area contributed by atoms with E-state index in [-0.39, 0.29) is 5.91 Å². The number of aromatic nitrogens is 1. The van der Waals surface area contributed by atoms with Crippen molar-refractivity contribution < 1.29 is 13.2 Å². The highest BCUT2D eigenvalue weighted by atomic mass is 32.2. The number of amides is 1. The summed E-state index contributed by atoms with van der Waals surface area (Å²) in [7, 11) is -0.138. The highest BCUT2D eigenvalue weighted by Crippen LogP contribution is 2.33. The van der Waals surface area contributed by atoms with E-state index in [1.165, 1.54) is 4.31 Å². The predicted molar refractivity (Wildman–Crippen MR) is 105 cm³/mol. The van der Waals surface area contributed by atoms with Gasteiger partial charge in [-0.15, -0.1) is 0 Å². The van der Waals surface area contributed by atoms with Crippen molar-refractivity contribution in [1.29, 1.82) is 0 Å². The van der Waals surface area contributed by atoms with Crippen LogP contribution in [0.5, 0.6) is 0 Å². The maximum absolute atomic E-state index is 12.7. The van der Waals surface area contributed by atoms with Crippen molar-refractivity contribution in [3.8, 4) is 0 Å². The smallest absolute Gasteiger partial charge is 0.281 e. The SMILES string of the molecule is Cc1ccncc1C(=O)N1CCC(C2CCN(S(=O)(=O)N(C)C)CC2)CC1. The standard InChI is InChI=1S/C19H30N4O3S/c1-15-4-9-20-14-18(15)19(24)22-10-5-16(6-11-22)17-7-12-23(13-8-17)27(25,26)21(2)3/h4,9,14,16-17H,5-8,10-13H2,1-3H3. The van der Waals surface area contributed by atoms with E-state index in [0.29, 0.717) is 30.5 Å². The topological polar surface area (TPSA) is 73.8 Å². The molecule has 0 radical (unpaired) electrons. The monoisotopic (exact) mass is 394 g/mol. The van der Waals surface area contributed by atoms with Gasteiger partial charge in [0.15, 0.2) is 0 Å². The molecule has 0 aromatic carbocycles. The zero-order valence-electron chi connectivity index (χ0n) is 16.5. The van der Waals surface area contributed by atoms with Gasteiger partial charge < -0.3 is 4.90 Å². The first-order valence-corrected chi connectivity index (χ1v) is 11.1. The zero-order valence-corrected chi connectivity index (χ0v) is 17.3. The maximum Gasteiger partial charge on any atom is 0.281 e. The van der Waals surface area contributed by atoms with E-state index in [1.54, 1.807) is 30.8 Å². The fourth-order valence-electron chi connectivity index (χ4n) is 4.24. The highest BCUT2D eigenvalue weighted by Gasteiger charge is 2.34. The number of pyridine rings is 1. The number of hydrogen-bond donors (Lipinski definition) is 0. The molecule has 3 heterocycles. The molecule has 0 spiro atoms. The minimum Gasteiger partial charge on any atom is -0.339 e. The number of hydrogen-bond acceptors (Lipinski definition) is 4. The molecule has 0 saturated carbocycles. The molecule has 3 rings (SSSR count). The maximum atomic E-state index is 12.7. The average Bonchev–Trinajstić information content (AvgIpc) is 2.68. The average molecular weight is 395 g/mol. The number of likely N-dealkylation sites (tertiary alicyclic amines) is 1. The summed E-state index contributed by atoms with van der Waals surface area (Å²) in [5, 5.41) is 0. The Morgan fingerprint density at radius 1 is 1.07 bits per heavy atom. The Kier molecular flexibility index (Phi) is 6.18. The number of nitrogens with zero attached hydrogens (tertiary/aromatic N) is 4. The Hall–Kier alpha value is -1.51. The van der Waals surface area contributed by atoms with Crippen LogP contribution in [0.4, 0.5) is 0 Å². The van der Waals surface area contributed by atoms with Gasteiger partial charge in [-0.3, -0.25) is 9.78 Å². The molecule has 2 aliphatic rings. The summed E-state index contributed by atoms with van der Waals surface area (Å²) >= 11 is 0. The van der Waals surface area contributed by atoms with Crippen molar-refractivity contribution in [3.63, 3.8) is 0 Å². The normalized spacial score (nSPS) is 21.0. The molecule has 0 atom stereocenters. The van der Waals surface area contributed by atoms with Crippen molar-refractivity contribution >= 4 is 16.1 Å². The molecule has 8 heteroatoms. The molecule has 2 fully saturated rings. The number of rotatable bonds is 4. The van der Waals surface area contributed by atoms with Gasteiger partial charge in [-0.1, -0.05) is 0 Å². The molecule has 0 aliphatic carbocycles. The van der Waals surface area contributed by atoms with Crippen molar-refractivity contribution in [2.75, 3.05) is 40.3 Å². The molecule has 150 valence electrons. The van der Waals surface area contributed by atoms with E-state index in [4.69, 9.17) is 0 Å². The summed E-state index contributed by atoms with van der Waals surface area (Å²) in [4.78, 5) is 18.7. The van der Waals surface area contributed by atoms with Crippen LogP contribution < -0.4 is 0 Å². The van der Waals surface area contributed by atoms with Gasteiger partial charge in [0.1, 0.15) is 0 Å². The van der Waals surface area contributed by atoms with Crippen molar-refractivity contribution in [2.45, 2.75) is 32.6 Å². The van der Waals surface area contributed by atoms with Gasteiger partial charge in [0.2, 0.25) is 0 Å². The molecule has 1 aromatic heterocycles. The van der Waals surface area contributed by atoms with Crippen molar-refractivity contribution in [1.82, 2.24) is 18.5 Å². The van der Waals surface area contributed by atoms with E-state index < -0.39 is 10.2 Å². The second-order valence-electron chi connectivity index (χ2n) is 7.85. The molecule has 27 heavy (non-hydrogen) atoms. The van der Waals surface area contributed by atoms with E-state index >= 15 is 0 Å². The zero-order chi connectivity index (χ0) is 19.6. The minimum atomic E-state index is -3.30. The molecule has 2 saturated heterocycles. The van der Waals surface area contributed by atoms with Gasteiger partial charge in [-0.2, -0.15) is 17.0 Å². The van der Waals surface area contributed by atoms with E-state index in [2.05, 4.69) is 4.98 Å². The van der Waals surface area contributed by atoms with Crippen LogP contribution >= 0.6 is 0 Å². The second-order valence-corrected chi connectivity index (χ2v) is 9.99. The van der Waals surface area contributed by atoms with Gasteiger partial charge in [-0.25, -0.2) is 0 Å². The lowest BCUT2D eigenvalue weighted by atomic mass is 9.79. The van der Waals surface area contributed by atoms with Gasteiger partial charge >= 0.3 is 0 Å². The Morgan fingerprint density at radius 3 is 2.15 bits per heavy atom. The summed E-state index contributed by atoms with van der Waals surface area (Å²) in [5.41, 5.74) is 1.66. The third kappa shape index (κ3) is 4.33. The molecular weight excluding hydrogens is 364 g/mol. The molecular formula is C19H30N4O3S. The van der Waals surface area contributed by atoms with Gasteiger partial charge in [0.25, 0.3) is 16.1 Å². The Balaban J connectivity index is 1.52. The highest BCUT2D eigenvalue weighted by molar-refractivity contribution is 7.86. The molecule has 2 aliphatic heterocycles. The van der Waals surface area contributed by atoms with E-state index in [9.17, 15) is 13.2 Å². The summed E-state index contributed by atoms with van der Waals surface area (Å²) < 4.78 is 27.4. The van der Waals surface area contributed by atoms with Crippen LogP contribution in [0.3, 0.4) is 0 Å². The first kappa shape index (κ1) is 20.2. The summed E-state index contributed by atoms with van der Waals surface area (Å²) in [6.45, 7) is 4.68. The molecule has 1 aromatic rings. The number of carbonyl (C=O) groups is 1. The van der Waals surface area contributed by atoms with Gasteiger partial charge in [-0.05, 0) is 56.1 Å². The lowest BCUT2D eigenvalue weighted by molar-refractivity contribution is 0.0627. The Bertz CT molecular complexity index is 765. The van der Waals surface area contributed by atoms with Crippen LogP contribution in [0, 0.1) is 18.8 Å². The number of aryl methyl sites for hydroxylation is 1. The minimum absolute atomic E-state index is 0.0749. The van der Waals surface area contributed by atoms with Crippen LogP contribution in [0.1, 0.15) is 41.6 Å². The van der Waals surface area contributed by atoms with Crippen LogP contribution in [0.2, 0.25) is 0 Å². The van der Waals surface area contributed by atoms with Gasteiger partial charge in [0.05, 0.1) is 5.56 Å². The predicted octanol–water partition coefficient (Wildman–Crippen LogP) is 1.76. The summed E-state index contributed by atoms with van der Waals surface area (Å²) in [6, 6.07) is 1.87. The Morgan fingerprint density at radius 2 is 1.63 bits per heavy atom. The number of piperidine rings is 2. The first-order chi connectivity index (χ1) is 12.8. The summed E-state index contributed by atoms with van der Waals surface area (Å²) in [6.07, 6.45) is 7.18. The van der Waals surface area contributed by atoms with E-state index in [1.807, 2.05) is 17.9 Å². The third-order valence-corrected chi connectivity index (χ3v) is 7.99. The van der Waals surface area contributed by atoms with Crippen LogP contribution in [0.25, 0.3) is 0 Å². The van der Waals surface area contributed by atoms with E-state index in [0.717, 1.165) is 44.3 Å². The van der Waals surface area contributed by atoms with Crippen LogP contribution in [0.15, 0.2) is 18.5 Å². The quantitative estimate of drug-likeness (QED) is 0.780. The summed E-state index contributed by atoms with van der Waals surface area (Å²) in [5.74, 6) is 1.20.